The van der Waals surface area contributed by atoms with Gasteiger partial charge in [0.1, 0.15) is 0 Å². The Kier molecular flexibility index (Phi) is 4.80. The van der Waals surface area contributed by atoms with Crippen molar-refractivity contribution in [2.24, 2.45) is 5.92 Å². The molecule has 2 saturated carbocycles. The van der Waals surface area contributed by atoms with Crippen LogP contribution in [0.5, 0.6) is 0 Å². The minimum Gasteiger partial charge on any atom is -0.310 e. The molecule has 0 unspecified atom stereocenters. The van der Waals surface area contributed by atoms with Gasteiger partial charge in [-0.15, -0.1) is 0 Å². The van der Waals surface area contributed by atoms with Crippen molar-refractivity contribution in [3.05, 3.63) is 40.4 Å². The molecule has 20 heavy (non-hydrogen) atoms. The predicted octanol–water partition coefficient (Wildman–Crippen LogP) is 5.06. The largest absolute Gasteiger partial charge is 0.310 e. The van der Waals surface area contributed by atoms with Crippen molar-refractivity contribution in [3.8, 4) is 0 Å². The first-order valence-corrected chi connectivity index (χ1v) is 8.39. The quantitative estimate of drug-likeness (QED) is 0.799. The van der Waals surface area contributed by atoms with E-state index in [1.165, 1.54) is 50.5 Å². The highest BCUT2D eigenvalue weighted by atomic mass is 35.5. The van der Waals surface area contributed by atoms with Gasteiger partial charge in [0.05, 0.1) is 0 Å². The Morgan fingerprint density at radius 3 is 2.55 bits per heavy atom. The van der Waals surface area contributed by atoms with Crippen LogP contribution in [0.1, 0.15) is 50.5 Å². The van der Waals surface area contributed by atoms with Gasteiger partial charge in [0.25, 0.3) is 0 Å². The summed E-state index contributed by atoms with van der Waals surface area (Å²) in [5.41, 5.74) is 2.73. The summed E-state index contributed by atoms with van der Waals surface area (Å²) in [6.45, 7) is 1.04. The van der Waals surface area contributed by atoms with Gasteiger partial charge < -0.3 is 5.32 Å². The topological polar surface area (TPSA) is 12.0 Å². The molecule has 0 aliphatic heterocycles. The first-order chi connectivity index (χ1) is 9.83. The van der Waals surface area contributed by atoms with Gasteiger partial charge in [-0.2, -0.15) is 0 Å². The lowest BCUT2D eigenvalue weighted by Crippen LogP contribution is -2.24. The van der Waals surface area contributed by atoms with Crippen LogP contribution in [-0.2, 0) is 0 Å². The lowest BCUT2D eigenvalue weighted by molar-refractivity contribution is 0.396. The van der Waals surface area contributed by atoms with Crippen LogP contribution in [0.2, 0.25) is 5.02 Å². The Morgan fingerprint density at radius 1 is 1.10 bits per heavy atom. The molecule has 0 saturated heterocycles. The number of hydrogen-bond acceptors (Lipinski definition) is 1. The Bertz CT molecular complexity index is 470. The molecule has 3 rings (SSSR count). The smallest absolute Gasteiger partial charge is 0.0478 e. The van der Waals surface area contributed by atoms with E-state index in [-0.39, 0.29) is 0 Å². The van der Waals surface area contributed by atoms with Gasteiger partial charge in [-0.05, 0) is 43.2 Å². The van der Waals surface area contributed by atoms with Gasteiger partial charge in [0.2, 0.25) is 0 Å². The molecule has 1 aromatic carbocycles. The van der Waals surface area contributed by atoms with E-state index >= 15 is 0 Å². The number of benzene rings is 1. The molecule has 1 N–H and O–H groups in total. The minimum absolute atomic E-state index is 0.756. The third-order valence-corrected chi connectivity index (χ3v) is 4.89. The van der Waals surface area contributed by atoms with Crippen LogP contribution in [0.4, 0.5) is 0 Å². The molecule has 0 atom stereocenters. The zero-order chi connectivity index (χ0) is 13.8. The summed E-state index contributed by atoms with van der Waals surface area (Å²) in [5, 5.41) is 4.55. The molecule has 0 spiro atoms. The average Bonchev–Trinajstić information content (AvgIpc) is 3.30. The van der Waals surface area contributed by atoms with Gasteiger partial charge in [0, 0.05) is 17.6 Å². The second kappa shape index (κ2) is 6.78. The molecular formula is C18H24ClN. The Balaban J connectivity index is 1.77. The van der Waals surface area contributed by atoms with Crippen LogP contribution >= 0.6 is 11.6 Å². The van der Waals surface area contributed by atoms with Gasteiger partial charge in [0.15, 0.2) is 0 Å². The standard InChI is InChI=1S/C18H24ClN/c19-18-9-5-4-8-15(18)12-16(13-20-17-10-11-17)14-6-2-1-3-7-14/h4-5,8-9,12,14,17,20H,1-3,6-7,10-11,13H2/b16-12-. The van der Waals surface area contributed by atoms with E-state index in [9.17, 15) is 0 Å². The normalized spacial score (nSPS) is 21.1. The fourth-order valence-electron chi connectivity index (χ4n) is 3.13. The molecule has 0 heterocycles. The lowest BCUT2D eigenvalue weighted by Gasteiger charge is -2.25. The fourth-order valence-corrected chi connectivity index (χ4v) is 3.32. The average molecular weight is 290 g/mol. The zero-order valence-electron chi connectivity index (χ0n) is 12.1. The Morgan fingerprint density at radius 2 is 1.85 bits per heavy atom. The molecule has 2 fully saturated rings. The second-order valence-corrected chi connectivity index (χ2v) is 6.64. The van der Waals surface area contributed by atoms with E-state index in [1.54, 1.807) is 5.57 Å². The summed E-state index contributed by atoms with van der Waals surface area (Å²) >= 11 is 6.32. The van der Waals surface area contributed by atoms with E-state index in [2.05, 4.69) is 23.5 Å². The highest BCUT2D eigenvalue weighted by molar-refractivity contribution is 6.32. The monoisotopic (exact) mass is 289 g/mol. The van der Waals surface area contributed by atoms with Crippen LogP contribution in [-0.4, -0.2) is 12.6 Å². The third kappa shape index (κ3) is 3.86. The van der Waals surface area contributed by atoms with Crippen molar-refractivity contribution in [2.75, 3.05) is 6.54 Å². The van der Waals surface area contributed by atoms with E-state index in [1.807, 2.05) is 12.1 Å². The maximum Gasteiger partial charge on any atom is 0.0478 e. The van der Waals surface area contributed by atoms with E-state index in [4.69, 9.17) is 11.6 Å². The molecule has 2 aliphatic rings. The number of halogens is 1. The molecule has 0 amide bonds. The highest BCUT2D eigenvalue weighted by Gasteiger charge is 2.23. The molecule has 0 aromatic heterocycles. The molecule has 2 heteroatoms. The lowest BCUT2D eigenvalue weighted by atomic mass is 9.83. The highest BCUT2D eigenvalue weighted by Crippen LogP contribution is 2.32. The fraction of sp³-hybridized carbons (Fsp3) is 0.556. The SMILES string of the molecule is Clc1ccccc1/C=C(/CNC1CC1)C1CCCCC1. The van der Waals surface area contributed by atoms with Crippen molar-refractivity contribution >= 4 is 17.7 Å². The first-order valence-electron chi connectivity index (χ1n) is 8.01. The van der Waals surface area contributed by atoms with Crippen molar-refractivity contribution in [3.63, 3.8) is 0 Å². The summed E-state index contributed by atoms with van der Waals surface area (Å²) in [4.78, 5) is 0. The van der Waals surface area contributed by atoms with Crippen LogP contribution < -0.4 is 5.32 Å². The van der Waals surface area contributed by atoms with Crippen molar-refractivity contribution in [1.82, 2.24) is 5.32 Å². The molecule has 0 radical (unpaired) electrons. The van der Waals surface area contributed by atoms with Gasteiger partial charge in [-0.3, -0.25) is 0 Å². The summed E-state index contributed by atoms with van der Waals surface area (Å²) in [6.07, 6.45) is 11.9. The van der Waals surface area contributed by atoms with Gasteiger partial charge in [-0.1, -0.05) is 60.7 Å². The van der Waals surface area contributed by atoms with Gasteiger partial charge >= 0.3 is 0 Å². The van der Waals surface area contributed by atoms with E-state index in [0.29, 0.717) is 0 Å². The summed E-state index contributed by atoms with van der Waals surface area (Å²) in [5.74, 6) is 0.756. The molecule has 108 valence electrons. The molecule has 0 bridgehead atoms. The number of nitrogens with one attached hydrogen (secondary N) is 1. The molecule has 1 aromatic rings. The van der Waals surface area contributed by atoms with Crippen molar-refractivity contribution in [2.45, 2.75) is 51.0 Å². The maximum atomic E-state index is 6.32. The number of hydrogen-bond donors (Lipinski definition) is 1. The Labute approximate surface area is 127 Å². The molecule has 1 nitrogen and oxygen atoms in total. The van der Waals surface area contributed by atoms with Crippen molar-refractivity contribution < 1.29 is 0 Å². The summed E-state index contributed by atoms with van der Waals surface area (Å²) in [6, 6.07) is 8.96. The minimum atomic E-state index is 0.756. The van der Waals surface area contributed by atoms with Crippen LogP contribution in [0.25, 0.3) is 6.08 Å². The van der Waals surface area contributed by atoms with E-state index < -0.39 is 0 Å². The summed E-state index contributed by atoms with van der Waals surface area (Å²) < 4.78 is 0. The van der Waals surface area contributed by atoms with Gasteiger partial charge in [-0.25, -0.2) is 0 Å². The van der Waals surface area contributed by atoms with E-state index in [0.717, 1.165) is 23.5 Å². The Hall–Kier alpha value is -0.790. The predicted molar refractivity (Wildman–Crippen MR) is 87.0 cm³/mol. The maximum absolute atomic E-state index is 6.32. The first kappa shape index (κ1) is 14.2. The second-order valence-electron chi connectivity index (χ2n) is 6.23. The molecular weight excluding hydrogens is 266 g/mol. The van der Waals surface area contributed by atoms with Crippen molar-refractivity contribution in [1.29, 1.82) is 0 Å². The van der Waals surface area contributed by atoms with Crippen LogP contribution in [0.3, 0.4) is 0 Å². The number of rotatable bonds is 5. The summed E-state index contributed by atoms with van der Waals surface area (Å²) in [7, 11) is 0. The molecule has 2 aliphatic carbocycles. The van der Waals surface area contributed by atoms with Crippen LogP contribution in [0.15, 0.2) is 29.8 Å². The van der Waals surface area contributed by atoms with Crippen LogP contribution in [0, 0.1) is 5.92 Å². The third-order valence-electron chi connectivity index (χ3n) is 4.55. The zero-order valence-corrected chi connectivity index (χ0v) is 12.8.